The molecule has 0 fully saturated rings. The molecule has 10 heteroatoms. The van der Waals surface area contributed by atoms with Crippen LogP contribution in [-0.2, 0) is 9.59 Å². The van der Waals surface area contributed by atoms with Crippen molar-refractivity contribution in [3.05, 3.63) is 27.7 Å². The molecule has 2 rings (SSSR count). The lowest BCUT2D eigenvalue weighted by molar-refractivity contribution is -0.114. The summed E-state index contributed by atoms with van der Waals surface area (Å²) in [5, 5.41) is 14.8. The number of anilines is 2. The second-order valence-corrected chi connectivity index (χ2v) is 7.59. The van der Waals surface area contributed by atoms with Gasteiger partial charge in [-0.25, -0.2) is 0 Å². The normalized spacial score (nSPS) is 10.4. The van der Waals surface area contributed by atoms with Crippen molar-refractivity contribution in [1.82, 2.24) is 10.2 Å². The fourth-order valence-corrected chi connectivity index (χ4v) is 3.23. The Morgan fingerprint density at radius 2 is 1.88 bits per heavy atom. The number of methoxy groups -OCH3 is 1. The first-order valence-electron chi connectivity index (χ1n) is 7.20. The Labute approximate surface area is 158 Å². The molecule has 0 aliphatic heterocycles. The van der Waals surface area contributed by atoms with Gasteiger partial charge < -0.3 is 10.1 Å². The number of hydrogen-bond donors (Lipinski definition) is 2. The van der Waals surface area contributed by atoms with Crippen LogP contribution in [0.4, 0.5) is 10.8 Å². The van der Waals surface area contributed by atoms with Gasteiger partial charge in [0.1, 0.15) is 10.8 Å². The number of nitrogens with zero attached hydrogens (tertiary/aromatic N) is 2. The number of halogens is 1. The molecule has 1 aromatic heterocycles. The maximum absolute atomic E-state index is 12.0. The van der Waals surface area contributed by atoms with Gasteiger partial charge >= 0.3 is 0 Å². The van der Waals surface area contributed by atoms with Gasteiger partial charge in [0, 0.05) is 11.1 Å². The number of aryl methyl sites for hydroxylation is 2. The van der Waals surface area contributed by atoms with Crippen LogP contribution in [0.2, 0.25) is 5.02 Å². The molecule has 25 heavy (non-hydrogen) atoms. The third-order valence-corrected chi connectivity index (χ3v) is 5.09. The van der Waals surface area contributed by atoms with E-state index in [9.17, 15) is 9.59 Å². The minimum Gasteiger partial charge on any atom is -0.495 e. The largest absolute Gasteiger partial charge is 0.495 e. The number of thioether (sulfide) groups is 1. The molecule has 0 bridgehead atoms. The highest BCUT2D eigenvalue weighted by atomic mass is 35.5. The van der Waals surface area contributed by atoms with Crippen LogP contribution in [-0.4, -0.2) is 40.6 Å². The fourth-order valence-electron chi connectivity index (χ4n) is 1.85. The van der Waals surface area contributed by atoms with Gasteiger partial charge in [0.05, 0.1) is 24.3 Å². The molecule has 1 aromatic carbocycles. The number of carbonyl (C=O) groups excluding carboxylic acids is 2. The Hall–Kier alpha value is -1.84. The molecule has 0 spiro atoms. The first kappa shape index (κ1) is 19.5. The molecular formula is C15H17ClN4O3S2. The lowest BCUT2D eigenvalue weighted by Crippen LogP contribution is -2.18. The van der Waals surface area contributed by atoms with E-state index in [1.807, 2.05) is 6.92 Å². The summed E-state index contributed by atoms with van der Waals surface area (Å²) in [6.07, 6.45) is 0. The van der Waals surface area contributed by atoms with Crippen molar-refractivity contribution < 1.29 is 14.3 Å². The molecule has 0 unspecified atom stereocenters. The molecule has 0 saturated heterocycles. The van der Waals surface area contributed by atoms with Gasteiger partial charge in [-0.2, -0.15) is 0 Å². The standard InChI is InChI=1S/C15H17ClN4O3S2/c1-8-4-11(12(23-3)5-10(8)16)17-13(21)6-24-7-14(22)18-15-20-19-9(2)25-15/h4-5H,6-7H2,1-3H3,(H,17,21)(H,18,20,22). The lowest BCUT2D eigenvalue weighted by Gasteiger charge is -2.12. The molecule has 1 heterocycles. The molecule has 0 aliphatic rings. The first-order chi connectivity index (χ1) is 11.9. The summed E-state index contributed by atoms with van der Waals surface area (Å²) >= 11 is 8.54. The van der Waals surface area contributed by atoms with Crippen molar-refractivity contribution in [3.8, 4) is 5.75 Å². The number of nitrogens with one attached hydrogen (secondary N) is 2. The van der Waals surface area contributed by atoms with E-state index >= 15 is 0 Å². The maximum atomic E-state index is 12.0. The van der Waals surface area contributed by atoms with Crippen LogP contribution < -0.4 is 15.4 Å². The number of hydrogen-bond acceptors (Lipinski definition) is 7. The van der Waals surface area contributed by atoms with Crippen LogP contribution >= 0.6 is 34.7 Å². The van der Waals surface area contributed by atoms with Crippen molar-refractivity contribution in [3.63, 3.8) is 0 Å². The molecular weight excluding hydrogens is 384 g/mol. The molecule has 0 atom stereocenters. The number of ether oxygens (including phenoxy) is 1. The SMILES string of the molecule is COc1cc(Cl)c(C)cc1NC(=O)CSCC(=O)Nc1nnc(C)s1. The molecule has 0 saturated carbocycles. The Balaban J connectivity index is 1.81. The summed E-state index contributed by atoms with van der Waals surface area (Å²) in [6, 6.07) is 3.39. The van der Waals surface area contributed by atoms with E-state index < -0.39 is 0 Å². The summed E-state index contributed by atoms with van der Waals surface area (Å²) < 4.78 is 5.21. The van der Waals surface area contributed by atoms with Gasteiger partial charge in [-0.05, 0) is 25.5 Å². The van der Waals surface area contributed by atoms with E-state index in [1.54, 1.807) is 19.1 Å². The second-order valence-electron chi connectivity index (χ2n) is 5.02. The number of benzene rings is 1. The summed E-state index contributed by atoms with van der Waals surface area (Å²) in [6.45, 7) is 3.64. The van der Waals surface area contributed by atoms with E-state index in [2.05, 4.69) is 20.8 Å². The third kappa shape index (κ3) is 5.87. The average molecular weight is 401 g/mol. The Kier molecular flexibility index (Phi) is 7.03. The predicted octanol–water partition coefficient (Wildman–Crippen LogP) is 3.13. The molecule has 0 radical (unpaired) electrons. The van der Waals surface area contributed by atoms with Gasteiger partial charge in [-0.1, -0.05) is 22.9 Å². The van der Waals surface area contributed by atoms with Gasteiger partial charge in [-0.3, -0.25) is 14.9 Å². The Morgan fingerprint density at radius 3 is 2.48 bits per heavy atom. The van der Waals surface area contributed by atoms with Crippen LogP contribution in [0.1, 0.15) is 10.6 Å². The van der Waals surface area contributed by atoms with Crippen LogP contribution in [0.3, 0.4) is 0 Å². The number of carbonyl (C=O) groups is 2. The maximum Gasteiger partial charge on any atom is 0.236 e. The summed E-state index contributed by atoms with van der Waals surface area (Å²) in [7, 11) is 1.50. The lowest BCUT2D eigenvalue weighted by atomic mass is 10.2. The van der Waals surface area contributed by atoms with Crippen LogP contribution in [0.25, 0.3) is 0 Å². The molecule has 2 aromatic rings. The smallest absolute Gasteiger partial charge is 0.236 e. The Bertz CT molecular complexity index is 782. The van der Waals surface area contributed by atoms with Crippen molar-refractivity contribution in [2.24, 2.45) is 0 Å². The predicted molar refractivity (Wildman–Crippen MR) is 102 cm³/mol. The quantitative estimate of drug-likeness (QED) is 0.741. The van der Waals surface area contributed by atoms with Gasteiger partial charge in [0.15, 0.2) is 0 Å². The second kappa shape index (κ2) is 9.02. The van der Waals surface area contributed by atoms with Crippen molar-refractivity contribution in [2.45, 2.75) is 13.8 Å². The fraction of sp³-hybridized carbons (Fsp3) is 0.333. The van der Waals surface area contributed by atoms with Crippen LogP contribution in [0.15, 0.2) is 12.1 Å². The number of amides is 2. The average Bonchev–Trinajstić information content (AvgIpc) is 2.95. The van der Waals surface area contributed by atoms with E-state index in [4.69, 9.17) is 16.3 Å². The molecule has 2 N–H and O–H groups in total. The van der Waals surface area contributed by atoms with Crippen molar-refractivity contribution in [1.29, 1.82) is 0 Å². The minimum atomic E-state index is -0.232. The van der Waals surface area contributed by atoms with Crippen LogP contribution in [0.5, 0.6) is 5.75 Å². The topological polar surface area (TPSA) is 93.2 Å². The minimum absolute atomic E-state index is 0.132. The highest BCUT2D eigenvalue weighted by Gasteiger charge is 2.12. The molecule has 7 nitrogen and oxygen atoms in total. The Morgan fingerprint density at radius 1 is 1.20 bits per heavy atom. The highest BCUT2D eigenvalue weighted by Crippen LogP contribution is 2.31. The monoisotopic (exact) mass is 400 g/mol. The zero-order valence-electron chi connectivity index (χ0n) is 13.9. The van der Waals surface area contributed by atoms with E-state index in [0.717, 1.165) is 10.6 Å². The van der Waals surface area contributed by atoms with Gasteiger partial charge in [0.2, 0.25) is 16.9 Å². The third-order valence-electron chi connectivity index (χ3n) is 2.99. The summed E-state index contributed by atoms with van der Waals surface area (Å²) in [5.41, 5.74) is 1.38. The van der Waals surface area contributed by atoms with Crippen molar-refractivity contribution in [2.75, 3.05) is 29.2 Å². The van der Waals surface area contributed by atoms with E-state index in [1.165, 1.54) is 30.2 Å². The molecule has 0 aliphatic carbocycles. The number of aromatic nitrogens is 2. The molecule has 2 amide bonds. The zero-order valence-corrected chi connectivity index (χ0v) is 16.3. The van der Waals surface area contributed by atoms with Crippen molar-refractivity contribution >= 4 is 57.3 Å². The number of rotatable bonds is 7. The van der Waals surface area contributed by atoms with Gasteiger partial charge in [-0.15, -0.1) is 22.0 Å². The zero-order chi connectivity index (χ0) is 18.4. The first-order valence-corrected chi connectivity index (χ1v) is 9.55. The van der Waals surface area contributed by atoms with E-state index in [-0.39, 0.29) is 23.3 Å². The summed E-state index contributed by atoms with van der Waals surface area (Å²) in [4.78, 5) is 23.8. The highest BCUT2D eigenvalue weighted by molar-refractivity contribution is 8.00. The van der Waals surface area contributed by atoms with E-state index in [0.29, 0.717) is 21.6 Å². The summed E-state index contributed by atoms with van der Waals surface area (Å²) in [5.74, 6) is 0.299. The van der Waals surface area contributed by atoms with Gasteiger partial charge in [0.25, 0.3) is 0 Å². The molecule has 134 valence electrons. The van der Waals surface area contributed by atoms with Crippen LogP contribution in [0, 0.1) is 13.8 Å².